The van der Waals surface area contributed by atoms with Gasteiger partial charge in [0.05, 0.1) is 5.92 Å². The zero-order chi connectivity index (χ0) is 15.7. The van der Waals surface area contributed by atoms with Crippen LogP contribution in [0.5, 0.6) is 0 Å². The first-order chi connectivity index (χ1) is 10.1. The molecule has 0 radical (unpaired) electrons. The summed E-state index contributed by atoms with van der Waals surface area (Å²) < 4.78 is 0. The van der Waals surface area contributed by atoms with Gasteiger partial charge in [0, 0.05) is 18.3 Å². The highest BCUT2D eigenvalue weighted by Crippen LogP contribution is 2.26. The fourth-order valence-electron chi connectivity index (χ4n) is 2.67. The topological polar surface area (TPSA) is 42.9 Å². The van der Waals surface area contributed by atoms with Crippen LogP contribution in [0.15, 0.2) is 12.3 Å². The zero-order valence-corrected chi connectivity index (χ0v) is 14.1. The third-order valence-electron chi connectivity index (χ3n) is 4.08. The Balaban J connectivity index is 2.77. The molecule has 1 aromatic rings. The van der Waals surface area contributed by atoms with Crippen LogP contribution < -0.4 is 0 Å². The smallest absolute Gasteiger partial charge is 0.143 e. The Morgan fingerprint density at radius 3 is 2.62 bits per heavy atom. The average Bonchev–Trinajstić information content (AvgIpc) is 2.52. The summed E-state index contributed by atoms with van der Waals surface area (Å²) >= 11 is 0. The van der Waals surface area contributed by atoms with E-state index in [1.807, 2.05) is 13.0 Å². The van der Waals surface area contributed by atoms with Crippen molar-refractivity contribution in [1.82, 2.24) is 9.97 Å². The molecule has 0 saturated heterocycles. The molecule has 0 aliphatic carbocycles. The van der Waals surface area contributed by atoms with Crippen molar-refractivity contribution in [1.29, 1.82) is 0 Å². The maximum absolute atomic E-state index is 12.3. The van der Waals surface area contributed by atoms with Crippen LogP contribution in [0.25, 0.3) is 0 Å². The predicted molar refractivity (Wildman–Crippen MR) is 87.4 cm³/mol. The maximum atomic E-state index is 12.3. The van der Waals surface area contributed by atoms with E-state index in [0.717, 1.165) is 24.4 Å². The van der Waals surface area contributed by atoms with Gasteiger partial charge in [-0.05, 0) is 24.8 Å². The second-order valence-electron chi connectivity index (χ2n) is 5.97. The second-order valence-corrected chi connectivity index (χ2v) is 5.97. The molecule has 0 amide bonds. The Morgan fingerprint density at radius 2 is 2.00 bits per heavy atom. The van der Waals surface area contributed by atoms with Gasteiger partial charge in [-0.15, -0.1) is 0 Å². The Kier molecular flexibility index (Phi) is 8.17. The summed E-state index contributed by atoms with van der Waals surface area (Å²) in [6, 6.07) is 1.93. The van der Waals surface area contributed by atoms with E-state index in [4.69, 9.17) is 0 Å². The molecule has 3 nitrogen and oxygen atoms in total. The highest BCUT2D eigenvalue weighted by atomic mass is 16.1. The van der Waals surface area contributed by atoms with Crippen LogP contribution in [0.3, 0.4) is 0 Å². The average molecular weight is 290 g/mol. The van der Waals surface area contributed by atoms with Crippen molar-refractivity contribution in [2.75, 3.05) is 0 Å². The van der Waals surface area contributed by atoms with Crippen molar-refractivity contribution >= 4 is 5.78 Å². The van der Waals surface area contributed by atoms with Gasteiger partial charge in [-0.1, -0.05) is 53.4 Å². The molecule has 0 spiro atoms. The molecular weight excluding hydrogens is 260 g/mol. The lowest BCUT2D eigenvalue weighted by molar-refractivity contribution is -0.120. The number of Topliss-reactive ketones (excluding diaryl/α,β-unsaturated/α-hetero) is 1. The standard InChI is InChI=1S/C18H30N2O/c1-5-8-9-10-14(4)13-16(17(21)7-3)18-19-12-11-15(6-2)20-18/h11-12,14,16H,5-10,13H2,1-4H3. The van der Waals surface area contributed by atoms with Crippen LogP contribution in [0, 0.1) is 5.92 Å². The van der Waals surface area contributed by atoms with E-state index in [-0.39, 0.29) is 11.7 Å². The quantitative estimate of drug-likeness (QED) is 0.586. The van der Waals surface area contributed by atoms with Crippen molar-refractivity contribution in [2.45, 2.75) is 78.6 Å². The van der Waals surface area contributed by atoms with Crippen LogP contribution in [0.4, 0.5) is 0 Å². The molecule has 0 N–H and O–H groups in total. The Bertz CT molecular complexity index is 431. The van der Waals surface area contributed by atoms with Gasteiger partial charge >= 0.3 is 0 Å². The number of aromatic nitrogens is 2. The first-order valence-electron chi connectivity index (χ1n) is 8.46. The molecule has 3 heteroatoms. The Labute approximate surface area is 129 Å². The van der Waals surface area contributed by atoms with E-state index in [1.54, 1.807) is 6.20 Å². The summed E-state index contributed by atoms with van der Waals surface area (Å²) in [6.45, 7) is 8.48. The van der Waals surface area contributed by atoms with Gasteiger partial charge < -0.3 is 0 Å². The number of carbonyl (C=O) groups is 1. The minimum absolute atomic E-state index is 0.127. The molecule has 0 fully saturated rings. The number of nitrogens with zero attached hydrogens (tertiary/aromatic N) is 2. The lowest BCUT2D eigenvalue weighted by Gasteiger charge is -2.19. The molecular formula is C18H30N2O. The third-order valence-corrected chi connectivity index (χ3v) is 4.08. The Morgan fingerprint density at radius 1 is 1.24 bits per heavy atom. The van der Waals surface area contributed by atoms with Gasteiger partial charge in [0.15, 0.2) is 0 Å². The van der Waals surface area contributed by atoms with Crippen LogP contribution >= 0.6 is 0 Å². The molecule has 0 bridgehead atoms. The monoisotopic (exact) mass is 290 g/mol. The summed E-state index contributed by atoms with van der Waals surface area (Å²) in [7, 11) is 0. The number of hydrogen-bond donors (Lipinski definition) is 0. The van der Waals surface area contributed by atoms with Gasteiger partial charge in [-0.2, -0.15) is 0 Å². The minimum Gasteiger partial charge on any atom is -0.299 e. The molecule has 118 valence electrons. The SMILES string of the molecule is CCCCCC(C)CC(C(=O)CC)c1nccc(CC)n1. The molecule has 2 unspecified atom stereocenters. The van der Waals surface area contributed by atoms with Gasteiger partial charge in [0.2, 0.25) is 0 Å². The largest absolute Gasteiger partial charge is 0.299 e. The number of carbonyl (C=O) groups excluding carboxylic acids is 1. The van der Waals surface area contributed by atoms with Crippen molar-refractivity contribution < 1.29 is 4.79 Å². The van der Waals surface area contributed by atoms with Crippen LogP contribution in [-0.4, -0.2) is 15.8 Å². The highest BCUT2D eigenvalue weighted by Gasteiger charge is 2.24. The van der Waals surface area contributed by atoms with Gasteiger partial charge in [0.1, 0.15) is 11.6 Å². The van der Waals surface area contributed by atoms with Crippen molar-refractivity contribution in [2.24, 2.45) is 5.92 Å². The molecule has 1 aromatic heterocycles. The van der Waals surface area contributed by atoms with Crippen molar-refractivity contribution in [3.63, 3.8) is 0 Å². The molecule has 1 heterocycles. The number of ketones is 1. The van der Waals surface area contributed by atoms with Crippen LogP contribution in [-0.2, 0) is 11.2 Å². The molecule has 2 atom stereocenters. The lowest BCUT2D eigenvalue weighted by atomic mass is 9.87. The first-order valence-corrected chi connectivity index (χ1v) is 8.46. The predicted octanol–water partition coefficient (Wildman–Crippen LogP) is 4.71. The summed E-state index contributed by atoms with van der Waals surface area (Å²) in [4.78, 5) is 21.2. The normalized spacial score (nSPS) is 13.9. The summed E-state index contributed by atoms with van der Waals surface area (Å²) in [6.07, 6.45) is 9.07. The minimum atomic E-state index is -0.127. The highest BCUT2D eigenvalue weighted by molar-refractivity contribution is 5.84. The summed E-state index contributed by atoms with van der Waals surface area (Å²) in [5.74, 6) is 1.41. The number of hydrogen-bond acceptors (Lipinski definition) is 3. The van der Waals surface area contributed by atoms with Crippen molar-refractivity contribution in [3.8, 4) is 0 Å². The van der Waals surface area contributed by atoms with Crippen molar-refractivity contribution in [3.05, 3.63) is 23.8 Å². The molecule has 0 aliphatic heterocycles. The second kappa shape index (κ2) is 9.64. The van der Waals surface area contributed by atoms with E-state index >= 15 is 0 Å². The van der Waals surface area contributed by atoms with E-state index < -0.39 is 0 Å². The van der Waals surface area contributed by atoms with E-state index in [0.29, 0.717) is 12.3 Å². The molecule has 0 saturated carbocycles. The van der Waals surface area contributed by atoms with E-state index in [9.17, 15) is 4.79 Å². The number of rotatable bonds is 10. The summed E-state index contributed by atoms with van der Waals surface area (Å²) in [5.41, 5.74) is 1.02. The fourth-order valence-corrected chi connectivity index (χ4v) is 2.67. The zero-order valence-electron chi connectivity index (χ0n) is 14.1. The molecule has 21 heavy (non-hydrogen) atoms. The number of unbranched alkanes of at least 4 members (excludes halogenated alkanes) is 2. The third kappa shape index (κ3) is 5.94. The molecule has 0 aliphatic rings. The number of aryl methyl sites for hydroxylation is 1. The van der Waals surface area contributed by atoms with Gasteiger partial charge in [-0.3, -0.25) is 4.79 Å². The van der Waals surface area contributed by atoms with Gasteiger partial charge in [-0.25, -0.2) is 9.97 Å². The fraction of sp³-hybridized carbons (Fsp3) is 0.722. The van der Waals surface area contributed by atoms with E-state index in [2.05, 4.69) is 30.7 Å². The Hall–Kier alpha value is -1.25. The van der Waals surface area contributed by atoms with Gasteiger partial charge in [0.25, 0.3) is 0 Å². The first kappa shape index (κ1) is 17.8. The summed E-state index contributed by atoms with van der Waals surface area (Å²) in [5, 5.41) is 0. The van der Waals surface area contributed by atoms with Crippen LogP contribution in [0.1, 0.15) is 83.7 Å². The van der Waals surface area contributed by atoms with E-state index in [1.165, 1.54) is 25.7 Å². The lowest BCUT2D eigenvalue weighted by Crippen LogP contribution is -2.18. The van der Waals surface area contributed by atoms with Crippen LogP contribution in [0.2, 0.25) is 0 Å². The molecule has 1 rings (SSSR count). The molecule has 0 aromatic carbocycles. The maximum Gasteiger partial charge on any atom is 0.143 e.